The predicted octanol–water partition coefficient (Wildman–Crippen LogP) is 4.27. The Morgan fingerprint density at radius 2 is 1.70 bits per heavy atom. The van der Waals surface area contributed by atoms with E-state index in [4.69, 9.17) is 39.5 Å². The smallest absolute Gasteiger partial charge is 0.244 e. The molecule has 2 aromatic carbocycles. The van der Waals surface area contributed by atoms with Gasteiger partial charge in [-0.2, -0.15) is 4.72 Å². The number of methoxy groups -OCH3 is 1. The third kappa shape index (κ3) is 5.27. The van der Waals surface area contributed by atoms with E-state index in [1.165, 1.54) is 32.2 Å². The largest absolute Gasteiger partial charge is 0.495 e. The minimum atomic E-state index is -4.00. The van der Waals surface area contributed by atoms with E-state index in [2.05, 4.69) is 10.0 Å². The van der Waals surface area contributed by atoms with E-state index < -0.39 is 22.0 Å². The highest BCUT2D eigenvalue weighted by Crippen LogP contribution is 2.32. The summed E-state index contributed by atoms with van der Waals surface area (Å²) >= 11 is 17.8. The van der Waals surface area contributed by atoms with Gasteiger partial charge in [-0.3, -0.25) is 4.79 Å². The van der Waals surface area contributed by atoms with Crippen molar-refractivity contribution in [1.29, 1.82) is 0 Å². The lowest BCUT2D eigenvalue weighted by Gasteiger charge is -2.17. The molecule has 0 saturated heterocycles. The summed E-state index contributed by atoms with van der Waals surface area (Å²) in [6.07, 6.45) is 0. The number of hydrogen-bond donors (Lipinski definition) is 2. The Kier molecular flexibility index (Phi) is 6.99. The molecule has 6 nitrogen and oxygen atoms in total. The van der Waals surface area contributed by atoms with E-state index in [0.717, 1.165) is 5.56 Å². The first kappa shape index (κ1) is 21.8. The van der Waals surface area contributed by atoms with Gasteiger partial charge < -0.3 is 10.1 Å². The first-order valence-electron chi connectivity index (χ1n) is 7.67. The van der Waals surface area contributed by atoms with Gasteiger partial charge in [0.05, 0.1) is 33.9 Å². The predicted molar refractivity (Wildman–Crippen MR) is 108 cm³/mol. The normalized spacial score (nSPS) is 12.5. The Morgan fingerprint density at radius 1 is 1.07 bits per heavy atom. The van der Waals surface area contributed by atoms with Gasteiger partial charge in [0.25, 0.3) is 0 Å². The van der Waals surface area contributed by atoms with Crippen molar-refractivity contribution in [3.63, 3.8) is 0 Å². The fourth-order valence-electron chi connectivity index (χ4n) is 2.20. The van der Waals surface area contributed by atoms with Gasteiger partial charge in [-0.1, -0.05) is 40.9 Å². The monoisotopic (exact) mass is 450 g/mol. The van der Waals surface area contributed by atoms with E-state index in [0.29, 0.717) is 0 Å². The Hall–Kier alpha value is -1.51. The average Bonchev–Trinajstić information content (AvgIpc) is 2.59. The number of benzene rings is 2. The van der Waals surface area contributed by atoms with Crippen LogP contribution in [0.4, 0.5) is 5.69 Å². The van der Waals surface area contributed by atoms with Crippen LogP contribution in [0.25, 0.3) is 0 Å². The molecule has 0 aliphatic rings. The Bertz CT molecular complexity index is 980. The van der Waals surface area contributed by atoms with Gasteiger partial charge in [0, 0.05) is 0 Å². The van der Waals surface area contributed by atoms with Crippen LogP contribution in [0, 0.1) is 6.92 Å². The molecule has 0 heterocycles. The molecule has 0 spiro atoms. The number of anilines is 1. The number of carbonyl (C=O) groups excluding carboxylic acids is 1. The molecule has 2 aromatic rings. The van der Waals surface area contributed by atoms with Crippen molar-refractivity contribution in [3.8, 4) is 5.75 Å². The number of nitrogens with one attached hydrogen (secondary N) is 2. The highest BCUT2D eigenvalue weighted by atomic mass is 35.5. The second-order valence-electron chi connectivity index (χ2n) is 5.73. The topological polar surface area (TPSA) is 84.5 Å². The molecule has 1 amide bonds. The third-order valence-electron chi connectivity index (χ3n) is 3.60. The first-order valence-corrected chi connectivity index (χ1v) is 10.3. The molecule has 0 bridgehead atoms. The molecule has 27 heavy (non-hydrogen) atoms. The molecule has 10 heteroatoms. The van der Waals surface area contributed by atoms with E-state index in [9.17, 15) is 13.2 Å². The van der Waals surface area contributed by atoms with Crippen LogP contribution in [0.3, 0.4) is 0 Å². The molecule has 146 valence electrons. The highest BCUT2D eigenvalue weighted by molar-refractivity contribution is 7.89. The Labute approximate surface area is 172 Å². The number of halogens is 3. The van der Waals surface area contributed by atoms with Crippen molar-refractivity contribution in [3.05, 3.63) is 51.0 Å². The van der Waals surface area contributed by atoms with Gasteiger partial charge in [-0.15, -0.1) is 0 Å². The number of ether oxygens (including phenoxy) is 1. The van der Waals surface area contributed by atoms with Crippen molar-refractivity contribution >= 4 is 56.4 Å². The number of amides is 1. The number of hydrogen-bond acceptors (Lipinski definition) is 4. The van der Waals surface area contributed by atoms with Crippen LogP contribution in [-0.4, -0.2) is 27.5 Å². The molecule has 2 rings (SSSR count). The van der Waals surface area contributed by atoms with E-state index in [1.807, 2.05) is 0 Å². The summed E-state index contributed by atoms with van der Waals surface area (Å²) < 4.78 is 32.7. The van der Waals surface area contributed by atoms with Gasteiger partial charge in [0.1, 0.15) is 10.6 Å². The van der Waals surface area contributed by atoms with Crippen LogP contribution in [0.15, 0.2) is 35.2 Å². The first-order chi connectivity index (χ1) is 12.5. The number of carbonyl (C=O) groups is 1. The molecule has 0 aliphatic carbocycles. The number of rotatable bonds is 6. The lowest BCUT2D eigenvalue weighted by Crippen LogP contribution is -2.41. The fourth-order valence-corrected chi connectivity index (χ4v) is 4.25. The maximum absolute atomic E-state index is 12.7. The van der Waals surface area contributed by atoms with Crippen LogP contribution < -0.4 is 14.8 Å². The maximum Gasteiger partial charge on any atom is 0.244 e. The lowest BCUT2D eigenvalue weighted by atomic mass is 10.2. The minimum Gasteiger partial charge on any atom is -0.495 e. The van der Waals surface area contributed by atoms with Crippen molar-refractivity contribution in [2.75, 3.05) is 12.4 Å². The van der Waals surface area contributed by atoms with Crippen LogP contribution in [0.5, 0.6) is 5.75 Å². The Morgan fingerprint density at radius 3 is 2.33 bits per heavy atom. The van der Waals surface area contributed by atoms with Gasteiger partial charge >= 0.3 is 0 Å². The van der Waals surface area contributed by atoms with E-state index in [-0.39, 0.29) is 31.4 Å². The molecule has 0 unspecified atom stereocenters. The van der Waals surface area contributed by atoms with Gasteiger partial charge in [0.15, 0.2) is 0 Å². The van der Waals surface area contributed by atoms with Gasteiger partial charge in [0.2, 0.25) is 15.9 Å². The van der Waals surface area contributed by atoms with Crippen molar-refractivity contribution < 1.29 is 17.9 Å². The fraction of sp³-hybridized carbons (Fsp3) is 0.235. The number of aryl methyl sites for hydroxylation is 1. The van der Waals surface area contributed by atoms with Crippen molar-refractivity contribution in [1.82, 2.24) is 4.72 Å². The van der Waals surface area contributed by atoms with Crippen LogP contribution in [0.2, 0.25) is 15.1 Å². The van der Waals surface area contributed by atoms with Crippen molar-refractivity contribution in [2.24, 2.45) is 0 Å². The second kappa shape index (κ2) is 8.67. The average molecular weight is 452 g/mol. The molecule has 0 radical (unpaired) electrons. The molecule has 0 aromatic heterocycles. The van der Waals surface area contributed by atoms with E-state index in [1.54, 1.807) is 19.1 Å². The zero-order chi connectivity index (χ0) is 20.4. The quantitative estimate of drug-likeness (QED) is 0.642. The minimum absolute atomic E-state index is 0.0581. The standard InChI is InChI=1S/C17H17Cl3N2O4S/c1-9-4-5-15(26-3)16(6-9)27(24,25)22-10(2)17(23)21-14-8-12(19)11(18)7-13(14)20/h4-8,10,22H,1-3H3,(H,21,23)/t10-/m1/s1. The zero-order valence-corrected chi connectivity index (χ0v) is 17.7. The number of sulfonamides is 1. The molecular weight excluding hydrogens is 435 g/mol. The summed E-state index contributed by atoms with van der Waals surface area (Å²) in [4.78, 5) is 12.3. The third-order valence-corrected chi connectivity index (χ3v) is 6.20. The summed E-state index contributed by atoms with van der Waals surface area (Å²) in [6.45, 7) is 3.15. The molecular formula is C17H17Cl3N2O4S. The van der Waals surface area contributed by atoms with Crippen LogP contribution in [-0.2, 0) is 14.8 Å². The molecule has 0 aliphatic heterocycles. The van der Waals surface area contributed by atoms with E-state index >= 15 is 0 Å². The molecule has 0 saturated carbocycles. The van der Waals surface area contributed by atoms with Crippen molar-refractivity contribution in [2.45, 2.75) is 24.8 Å². The molecule has 0 fully saturated rings. The summed E-state index contributed by atoms with van der Waals surface area (Å²) in [5.41, 5.74) is 0.950. The summed E-state index contributed by atoms with van der Waals surface area (Å²) in [7, 11) is -2.64. The lowest BCUT2D eigenvalue weighted by molar-refractivity contribution is -0.117. The SMILES string of the molecule is COc1ccc(C)cc1S(=O)(=O)N[C@H](C)C(=O)Nc1cc(Cl)c(Cl)cc1Cl. The summed E-state index contributed by atoms with van der Waals surface area (Å²) in [5, 5.41) is 3.13. The molecule has 1 atom stereocenters. The summed E-state index contributed by atoms with van der Waals surface area (Å²) in [6, 6.07) is 6.40. The zero-order valence-electron chi connectivity index (χ0n) is 14.6. The van der Waals surface area contributed by atoms with Gasteiger partial charge in [-0.05, 0) is 43.7 Å². The maximum atomic E-state index is 12.7. The highest BCUT2D eigenvalue weighted by Gasteiger charge is 2.25. The second-order valence-corrected chi connectivity index (χ2v) is 8.64. The molecule has 2 N–H and O–H groups in total. The Balaban J connectivity index is 2.21. The summed E-state index contributed by atoms with van der Waals surface area (Å²) in [5.74, 6) is -0.446. The van der Waals surface area contributed by atoms with Gasteiger partial charge in [-0.25, -0.2) is 8.42 Å². The van der Waals surface area contributed by atoms with Crippen LogP contribution in [0.1, 0.15) is 12.5 Å². The van der Waals surface area contributed by atoms with Crippen LogP contribution >= 0.6 is 34.8 Å².